The third-order valence-corrected chi connectivity index (χ3v) is 5.31. The summed E-state index contributed by atoms with van der Waals surface area (Å²) in [5, 5.41) is 0.681. The van der Waals surface area contributed by atoms with E-state index in [0.717, 1.165) is 5.56 Å². The van der Waals surface area contributed by atoms with E-state index in [9.17, 15) is 14.4 Å². The molecule has 2 aromatic carbocycles. The summed E-state index contributed by atoms with van der Waals surface area (Å²) >= 11 is 0. The fourth-order valence-electron chi connectivity index (χ4n) is 3.69. The van der Waals surface area contributed by atoms with Gasteiger partial charge < -0.3 is 20.1 Å². The maximum Gasteiger partial charge on any atom is 0.355 e. The summed E-state index contributed by atoms with van der Waals surface area (Å²) in [6, 6.07) is 16.1. The highest BCUT2D eigenvalue weighted by Gasteiger charge is 2.27. The number of carbonyl (C=O) groups excluding carboxylic acids is 3. The van der Waals surface area contributed by atoms with E-state index in [2.05, 4.69) is 4.98 Å². The van der Waals surface area contributed by atoms with Crippen LogP contribution in [0.25, 0.3) is 22.2 Å². The molecule has 1 aliphatic rings. The van der Waals surface area contributed by atoms with E-state index in [1.54, 1.807) is 59.7 Å². The van der Waals surface area contributed by atoms with Crippen molar-refractivity contribution in [3.8, 4) is 11.3 Å². The Bertz CT molecular complexity index is 1390. The minimum Gasteiger partial charge on any atom is -0.465 e. The van der Waals surface area contributed by atoms with Crippen LogP contribution in [-0.4, -0.2) is 37.0 Å². The van der Waals surface area contributed by atoms with Crippen LogP contribution in [0.3, 0.4) is 0 Å². The number of esters is 2. The van der Waals surface area contributed by atoms with Crippen molar-refractivity contribution in [3.63, 3.8) is 0 Å². The molecule has 0 unspecified atom stereocenters. The van der Waals surface area contributed by atoms with Crippen molar-refractivity contribution in [2.75, 3.05) is 19.1 Å². The summed E-state index contributed by atoms with van der Waals surface area (Å²) in [5.41, 5.74) is 8.62. The first-order valence-corrected chi connectivity index (χ1v) is 10.3. The second-order valence-corrected chi connectivity index (χ2v) is 7.30. The van der Waals surface area contributed by atoms with Crippen LogP contribution in [0.4, 0.5) is 5.69 Å². The Morgan fingerprint density at radius 3 is 2.29 bits per heavy atom. The Morgan fingerprint density at radius 1 is 0.912 bits per heavy atom. The van der Waals surface area contributed by atoms with Crippen LogP contribution >= 0.6 is 0 Å². The van der Waals surface area contributed by atoms with Gasteiger partial charge >= 0.3 is 11.9 Å². The summed E-state index contributed by atoms with van der Waals surface area (Å²) in [6.07, 6.45) is 6.46. The van der Waals surface area contributed by atoms with E-state index in [1.807, 2.05) is 18.2 Å². The molecule has 0 atom stereocenters. The van der Waals surface area contributed by atoms with Gasteiger partial charge in [0, 0.05) is 22.8 Å². The van der Waals surface area contributed by atoms with Crippen LogP contribution in [-0.2, 0) is 19.1 Å². The molecule has 0 aliphatic carbocycles. The molecule has 2 N–H and O–H groups in total. The highest BCUT2D eigenvalue weighted by molar-refractivity contribution is 6.07. The van der Waals surface area contributed by atoms with E-state index < -0.39 is 17.8 Å². The molecule has 0 saturated heterocycles. The second kappa shape index (κ2) is 9.41. The lowest BCUT2D eigenvalue weighted by molar-refractivity contribution is -0.139. The van der Waals surface area contributed by atoms with Crippen molar-refractivity contribution in [1.29, 1.82) is 0 Å². The molecule has 2 heterocycles. The number of methoxy groups -OCH3 is 2. The number of aromatic nitrogens is 1. The average molecular weight is 455 g/mol. The molecular formula is C26H21N3O5. The first-order valence-electron chi connectivity index (χ1n) is 10.3. The van der Waals surface area contributed by atoms with Crippen LogP contribution in [0, 0.1) is 0 Å². The van der Waals surface area contributed by atoms with Gasteiger partial charge in [-0.2, -0.15) is 0 Å². The number of allylic oxidation sites excluding steroid dienone is 2. The van der Waals surface area contributed by atoms with Crippen molar-refractivity contribution < 1.29 is 23.9 Å². The number of anilines is 1. The number of benzene rings is 2. The van der Waals surface area contributed by atoms with Gasteiger partial charge in [-0.25, -0.2) is 14.6 Å². The number of amides is 1. The number of para-hydroxylation sites is 1. The summed E-state index contributed by atoms with van der Waals surface area (Å²) in [6.45, 7) is 0. The van der Waals surface area contributed by atoms with Crippen molar-refractivity contribution in [1.82, 2.24) is 4.98 Å². The number of ether oxygens (including phenoxy) is 2. The van der Waals surface area contributed by atoms with Crippen LogP contribution in [0.15, 0.2) is 90.3 Å². The summed E-state index contributed by atoms with van der Waals surface area (Å²) < 4.78 is 9.76. The molecule has 34 heavy (non-hydrogen) atoms. The highest BCUT2D eigenvalue weighted by Crippen LogP contribution is 2.30. The van der Waals surface area contributed by atoms with Gasteiger partial charge in [-0.15, -0.1) is 0 Å². The van der Waals surface area contributed by atoms with Crippen molar-refractivity contribution in [3.05, 3.63) is 95.9 Å². The Morgan fingerprint density at radius 2 is 1.62 bits per heavy atom. The zero-order chi connectivity index (χ0) is 24.2. The predicted molar refractivity (Wildman–Crippen MR) is 128 cm³/mol. The van der Waals surface area contributed by atoms with Gasteiger partial charge in [-0.05, 0) is 36.4 Å². The van der Waals surface area contributed by atoms with Crippen LogP contribution in [0.1, 0.15) is 10.4 Å². The average Bonchev–Trinajstić information content (AvgIpc) is 3.10. The van der Waals surface area contributed by atoms with E-state index in [1.165, 1.54) is 20.3 Å². The number of hydrogen-bond acceptors (Lipinski definition) is 7. The maximum absolute atomic E-state index is 12.6. The molecule has 1 amide bonds. The zero-order valence-corrected chi connectivity index (χ0v) is 18.5. The quantitative estimate of drug-likeness (QED) is 0.586. The Kier molecular flexibility index (Phi) is 6.22. The summed E-state index contributed by atoms with van der Waals surface area (Å²) in [7, 11) is 2.48. The standard InChI is InChI=1S/C26H21N3O5/c1-33-25(31)19-8-5-6-14-29(23(19)26(32)34-2)17-12-10-16(11-13-17)22-15-20(24(27)30)18-7-3-4-9-21(18)28-22/h3-15H,1-2H3,(H2,27,30). The topological polar surface area (TPSA) is 112 Å². The normalized spacial score (nSPS) is 13.1. The molecule has 1 aromatic heterocycles. The number of hydrogen-bond donors (Lipinski definition) is 1. The van der Waals surface area contributed by atoms with E-state index >= 15 is 0 Å². The van der Waals surface area contributed by atoms with Gasteiger partial charge in [-0.3, -0.25) is 4.79 Å². The molecule has 1 aliphatic heterocycles. The smallest absolute Gasteiger partial charge is 0.355 e. The lowest BCUT2D eigenvalue weighted by Crippen LogP contribution is -2.26. The van der Waals surface area contributed by atoms with E-state index in [-0.39, 0.29) is 11.3 Å². The number of rotatable bonds is 5. The van der Waals surface area contributed by atoms with Crippen molar-refractivity contribution >= 4 is 34.4 Å². The highest BCUT2D eigenvalue weighted by atomic mass is 16.5. The monoisotopic (exact) mass is 455 g/mol. The van der Waals surface area contributed by atoms with Gasteiger partial charge in [0.05, 0.1) is 36.6 Å². The van der Waals surface area contributed by atoms with Gasteiger partial charge in [0.1, 0.15) is 5.70 Å². The third-order valence-electron chi connectivity index (χ3n) is 5.31. The number of nitrogens with two attached hydrogens (primary N) is 1. The number of pyridine rings is 1. The second-order valence-electron chi connectivity index (χ2n) is 7.30. The first-order chi connectivity index (χ1) is 16.4. The van der Waals surface area contributed by atoms with E-state index in [0.29, 0.717) is 27.8 Å². The van der Waals surface area contributed by atoms with Crippen molar-refractivity contribution in [2.45, 2.75) is 0 Å². The van der Waals surface area contributed by atoms with Crippen molar-refractivity contribution in [2.24, 2.45) is 5.73 Å². The Balaban J connectivity index is 1.79. The van der Waals surface area contributed by atoms with Crippen LogP contribution < -0.4 is 10.6 Å². The first kappa shape index (κ1) is 22.5. The maximum atomic E-state index is 12.6. The molecule has 0 radical (unpaired) electrons. The molecule has 0 saturated carbocycles. The molecule has 0 spiro atoms. The van der Waals surface area contributed by atoms with Gasteiger partial charge in [0.15, 0.2) is 0 Å². The molecule has 4 rings (SSSR count). The summed E-state index contributed by atoms with van der Waals surface area (Å²) in [4.78, 5) is 43.1. The molecule has 8 heteroatoms. The SMILES string of the molecule is COC(=O)C1=C(C(=O)OC)N(c2ccc(-c3cc(C(N)=O)c4ccccc4n3)cc2)C=CC=C1. The minimum absolute atomic E-state index is 0.0203. The molecule has 8 nitrogen and oxygen atoms in total. The number of carbonyl (C=O) groups is 3. The Hall–Kier alpha value is -4.72. The molecule has 3 aromatic rings. The third kappa shape index (κ3) is 4.16. The molecular weight excluding hydrogens is 434 g/mol. The fourth-order valence-corrected chi connectivity index (χ4v) is 3.69. The van der Waals surface area contributed by atoms with Gasteiger partial charge in [0.25, 0.3) is 0 Å². The fraction of sp³-hybridized carbons (Fsp3) is 0.0769. The van der Waals surface area contributed by atoms with Gasteiger partial charge in [-0.1, -0.05) is 36.4 Å². The Labute approximate surface area is 195 Å². The largest absolute Gasteiger partial charge is 0.465 e. The van der Waals surface area contributed by atoms with E-state index in [4.69, 9.17) is 15.2 Å². The number of primary amides is 1. The summed E-state index contributed by atoms with van der Waals surface area (Å²) in [5.74, 6) is -1.90. The zero-order valence-electron chi connectivity index (χ0n) is 18.5. The molecule has 170 valence electrons. The molecule has 0 fully saturated rings. The lowest BCUT2D eigenvalue weighted by atomic mass is 10.0. The predicted octanol–water partition coefficient (Wildman–Crippen LogP) is 3.49. The number of fused-ring (bicyclic) bond motifs is 1. The minimum atomic E-state index is -0.692. The molecule has 0 bridgehead atoms. The van der Waals surface area contributed by atoms with Gasteiger partial charge in [0.2, 0.25) is 5.91 Å². The number of nitrogens with zero attached hydrogens (tertiary/aromatic N) is 2. The van der Waals surface area contributed by atoms with Crippen LogP contribution in [0.5, 0.6) is 0 Å². The lowest BCUT2D eigenvalue weighted by Gasteiger charge is -2.23. The van der Waals surface area contributed by atoms with Crippen LogP contribution in [0.2, 0.25) is 0 Å².